The fraction of sp³-hybridized carbons (Fsp3) is 0.105. The molecule has 0 spiro atoms. The molecule has 2 aromatic rings. The summed E-state index contributed by atoms with van der Waals surface area (Å²) in [6.07, 6.45) is 5.29. The zero-order valence-electron chi connectivity index (χ0n) is 13.4. The lowest BCUT2D eigenvalue weighted by Crippen LogP contribution is -2.39. The molecule has 26 heavy (non-hydrogen) atoms. The first-order chi connectivity index (χ1) is 12.5. The lowest BCUT2D eigenvalue weighted by Gasteiger charge is -2.29. The first-order valence-electron chi connectivity index (χ1n) is 7.71. The van der Waals surface area contributed by atoms with E-state index in [9.17, 15) is 18.8 Å². The third-order valence-electron chi connectivity index (χ3n) is 4.26. The van der Waals surface area contributed by atoms with Crippen LogP contribution >= 0.6 is 0 Å². The van der Waals surface area contributed by atoms with Crippen LogP contribution in [0, 0.1) is 18.2 Å². The highest BCUT2D eigenvalue weighted by Crippen LogP contribution is 2.39. The average molecular weight is 350 g/mol. The topological polar surface area (TPSA) is 66.9 Å². The number of rotatable bonds is 2. The van der Waals surface area contributed by atoms with E-state index in [-0.39, 0.29) is 41.4 Å². The standard InChI is InChI=1S/C19H11FN2O4/c1-2-7-21-15-9-14(13(20)8-16(15)26-10-17(21)23)22-18(24)11-5-3-4-6-12(11)19(22)25/h1,3-6,8-9H,7,10H2. The number of amides is 3. The number of imide groups is 1. The van der Waals surface area contributed by atoms with Crippen molar-refractivity contribution >= 4 is 29.1 Å². The van der Waals surface area contributed by atoms with Crippen LogP contribution in [-0.2, 0) is 4.79 Å². The summed E-state index contributed by atoms with van der Waals surface area (Å²) in [6, 6.07) is 8.53. The summed E-state index contributed by atoms with van der Waals surface area (Å²) in [5.74, 6) is 0.0129. The number of hydrogen-bond acceptors (Lipinski definition) is 4. The van der Waals surface area contributed by atoms with Crippen molar-refractivity contribution in [2.45, 2.75) is 0 Å². The number of anilines is 2. The van der Waals surface area contributed by atoms with Crippen molar-refractivity contribution in [2.24, 2.45) is 0 Å². The van der Waals surface area contributed by atoms with Crippen molar-refractivity contribution in [1.82, 2.24) is 0 Å². The number of hydrogen-bond donors (Lipinski definition) is 0. The van der Waals surface area contributed by atoms with Crippen molar-refractivity contribution in [3.05, 3.63) is 53.3 Å². The normalized spacial score (nSPS) is 15.5. The van der Waals surface area contributed by atoms with E-state index < -0.39 is 23.5 Å². The molecule has 4 rings (SSSR count). The maximum Gasteiger partial charge on any atom is 0.266 e. The number of nitrogens with zero attached hydrogens (tertiary/aromatic N) is 2. The number of ether oxygens (including phenoxy) is 1. The molecule has 7 heteroatoms. The van der Waals surface area contributed by atoms with Gasteiger partial charge in [0.15, 0.2) is 12.4 Å². The molecule has 0 N–H and O–H groups in total. The molecule has 0 fully saturated rings. The predicted octanol–water partition coefficient (Wildman–Crippen LogP) is 1.98. The average Bonchev–Trinajstić information content (AvgIpc) is 2.89. The molecule has 0 saturated carbocycles. The summed E-state index contributed by atoms with van der Waals surface area (Å²) in [5.41, 5.74) is 0.354. The Hall–Kier alpha value is -3.66. The van der Waals surface area contributed by atoms with Crippen LogP contribution in [0.2, 0.25) is 0 Å². The van der Waals surface area contributed by atoms with Gasteiger partial charge in [0.1, 0.15) is 5.75 Å². The summed E-state index contributed by atoms with van der Waals surface area (Å²) < 4.78 is 19.9. The van der Waals surface area contributed by atoms with Gasteiger partial charge in [-0.1, -0.05) is 18.1 Å². The van der Waals surface area contributed by atoms with E-state index in [4.69, 9.17) is 11.2 Å². The Morgan fingerprint density at radius 1 is 1.08 bits per heavy atom. The summed E-state index contributed by atoms with van der Waals surface area (Å²) >= 11 is 0. The molecular formula is C19H11FN2O4. The first kappa shape index (κ1) is 15.8. The van der Waals surface area contributed by atoms with Gasteiger partial charge in [0.05, 0.1) is 29.0 Å². The SMILES string of the molecule is C#CCN1C(=O)COc2cc(F)c(N3C(=O)c4ccccc4C3=O)cc21. The predicted molar refractivity (Wildman–Crippen MR) is 90.7 cm³/mol. The van der Waals surface area contributed by atoms with Gasteiger partial charge >= 0.3 is 0 Å². The molecule has 0 bridgehead atoms. The Balaban J connectivity index is 1.85. The van der Waals surface area contributed by atoms with Crippen molar-refractivity contribution in [1.29, 1.82) is 0 Å². The zero-order valence-corrected chi connectivity index (χ0v) is 13.4. The highest BCUT2D eigenvalue weighted by Gasteiger charge is 2.39. The number of benzene rings is 2. The Kier molecular flexibility index (Phi) is 3.48. The van der Waals surface area contributed by atoms with Crippen molar-refractivity contribution in [3.8, 4) is 18.1 Å². The summed E-state index contributed by atoms with van der Waals surface area (Å²) in [5, 5.41) is 0. The Morgan fingerprint density at radius 3 is 2.35 bits per heavy atom. The molecule has 2 heterocycles. The molecule has 0 aromatic heterocycles. The molecule has 0 aliphatic carbocycles. The van der Waals surface area contributed by atoms with E-state index in [1.54, 1.807) is 12.1 Å². The lowest BCUT2D eigenvalue weighted by atomic mass is 10.1. The van der Waals surface area contributed by atoms with E-state index in [1.165, 1.54) is 23.1 Å². The van der Waals surface area contributed by atoms with Gasteiger partial charge in [-0.3, -0.25) is 19.3 Å². The van der Waals surface area contributed by atoms with Crippen LogP contribution in [0.1, 0.15) is 20.7 Å². The van der Waals surface area contributed by atoms with Gasteiger partial charge in [0.25, 0.3) is 17.7 Å². The van der Waals surface area contributed by atoms with Gasteiger partial charge in [0, 0.05) is 6.07 Å². The first-order valence-corrected chi connectivity index (χ1v) is 7.71. The molecule has 2 aliphatic rings. The van der Waals surface area contributed by atoms with E-state index in [0.29, 0.717) is 0 Å². The second kappa shape index (κ2) is 5.70. The Bertz CT molecular complexity index is 990. The van der Waals surface area contributed by atoms with Crippen LogP contribution < -0.4 is 14.5 Å². The van der Waals surface area contributed by atoms with Crippen LogP contribution in [0.5, 0.6) is 5.75 Å². The van der Waals surface area contributed by atoms with Gasteiger partial charge in [0.2, 0.25) is 0 Å². The highest BCUT2D eigenvalue weighted by molar-refractivity contribution is 6.34. The van der Waals surface area contributed by atoms with Crippen molar-refractivity contribution < 1.29 is 23.5 Å². The summed E-state index contributed by atoms with van der Waals surface area (Å²) in [7, 11) is 0. The van der Waals surface area contributed by atoms with E-state index in [2.05, 4.69) is 5.92 Å². The van der Waals surface area contributed by atoms with Gasteiger partial charge in [-0.25, -0.2) is 9.29 Å². The molecule has 0 unspecified atom stereocenters. The number of carbonyl (C=O) groups is 3. The molecule has 3 amide bonds. The number of fused-ring (bicyclic) bond motifs is 2. The minimum atomic E-state index is -0.812. The van der Waals surface area contributed by atoms with Crippen molar-refractivity contribution in [3.63, 3.8) is 0 Å². The fourth-order valence-corrected chi connectivity index (χ4v) is 3.05. The van der Waals surface area contributed by atoms with Crippen molar-refractivity contribution in [2.75, 3.05) is 23.0 Å². The van der Waals surface area contributed by atoms with E-state index in [1.807, 2.05) is 0 Å². The largest absolute Gasteiger partial charge is 0.481 e. The Morgan fingerprint density at radius 2 is 1.73 bits per heavy atom. The molecule has 0 atom stereocenters. The highest BCUT2D eigenvalue weighted by atomic mass is 19.1. The maximum atomic E-state index is 14.6. The number of terminal acetylenes is 1. The molecule has 0 saturated heterocycles. The Labute approximate surface area is 147 Å². The van der Waals surface area contributed by atoms with Gasteiger partial charge in [-0.05, 0) is 18.2 Å². The van der Waals surface area contributed by atoms with Crippen LogP contribution in [0.15, 0.2) is 36.4 Å². The number of halogens is 1. The van der Waals surface area contributed by atoms with E-state index in [0.717, 1.165) is 11.0 Å². The monoisotopic (exact) mass is 350 g/mol. The number of carbonyl (C=O) groups excluding carboxylic acids is 3. The van der Waals surface area contributed by atoms with Gasteiger partial charge in [-0.15, -0.1) is 6.42 Å². The second-order valence-corrected chi connectivity index (χ2v) is 5.74. The second-order valence-electron chi connectivity index (χ2n) is 5.74. The third kappa shape index (κ3) is 2.16. The fourth-order valence-electron chi connectivity index (χ4n) is 3.05. The minimum Gasteiger partial charge on any atom is -0.481 e. The summed E-state index contributed by atoms with van der Waals surface area (Å²) in [6.45, 7) is -0.303. The maximum absolute atomic E-state index is 14.6. The molecule has 2 aromatic carbocycles. The minimum absolute atomic E-state index is 0.0393. The van der Waals surface area contributed by atoms with Crippen LogP contribution in [0.3, 0.4) is 0 Å². The molecule has 2 aliphatic heterocycles. The van der Waals surface area contributed by atoms with E-state index >= 15 is 0 Å². The quantitative estimate of drug-likeness (QED) is 0.614. The summed E-state index contributed by atoms with van der Waals surface area (Å²) in [4.78, 5) is 39.2. The third-order valence-corrected chi connectivity index (χ3v) is 4.26. The van der Waals surface area contributed by atoms with Gasteiger partial charge in [-0.2, -0.15) is 0 Å². The molecule has 6 nitrogen and oxygen atoms in total. The van der Waals surface area contributed by atoms with Crippen LogP contribution in [0.25, 0.3) is 0 Å². The molecular weight excluding hydrogens is 339 g/mol. The lowest BCUT2D eigenvalue weighted by molar-refractivity contribution is -0.121. The smallest absolute Gasteiger partial charge is 0.266 e. The van der Waals surface area contributed by atoms with Crippen LogP contribution in [0.4, 0.5) is 15.8 Å². The van der Waals surface area contributed by atoms with Crippen LogP contribution in [-0.4, -0.2) is 30.9 Å². The molecule has 128 valence electrons. The molecule has 0 radical (unpaired) electrons. The zero-order chi connectivity index (χ0) is 18.4. The van der Waals surface area contributed by atoms with Gasteiger partial charge < -0.3 is 4.74 Å².